The van der Waals surface area contributed by atoms with Crippen molar-refractivity contribution in [2.75, 3.05) is 13.2 Å². The Labute approximate surface area is 117 Å². The van der Waals surface area contributed by atoms with Gasteiger partial charge in [-0.1, -0.05) is 18.2 Å². The molecule has 0 unspecified atom stereocenters. The number of benzene rings is 1. The Bertz CT molecular complexity index is 549. The van der Waals surface area contributed by atoms with E-state index in [0.717, 1.165) is 0 Å². The lowest BCUT2D eigenvalue weighted by Crippen LogP contribution is -2.18. The van der Waals surface area contributed by atoms with E-state index >= 15 is 0 Å². The normalized spacial score (nSPS) is 9.25. The molecule has 104 valence electrons. The van der Waals surface area contributed by atoms with E-state index in [1.807, 2.05) is 6.07 Å². The smallest absolute Gasteiger partial charge is 0.345 e. The van der Waals surface area contributed by atoms with E-state index in [1.165, 1.54) is 6.08 Å². The van der Waals surface area contributed by atoms with Crippen LogP contribution in [0.4, 0.5) is 0 Å². The summed E-state index contributed by atoms with van der Waals surface area (Å²) in [7, 11) is 0. The van der Waals surface area contributed by atoms with E-state index < -0.39 is 11.9 Å². The van der Waals surface area contributed by atoms with Crippen molar-refractivity contribution in [2.24, 2.45) is 0 Å². The summed E-state index contributed by atoms with van der Waals surface area (Å²) in [6.45, 7) is 3.58. The van der Waals surface area contributed by atoms with Crippen LogP contribution in [-0.2, 0) is 19.1 Å². The lowest BCUT2D eigenvalue weighted by Gasteiger charge is -2.07. The van der Waals surface area contributed by atoms with Crippen LogP contribution in [0.5, 0.6) is 0 Å². The van der Waals surface area contributed by atoms with Gasteiger partial charge in [0.05, 0.1) is 24.8 Å². The SMILES string of the molecule is CCOC(=O)C(=Cc1ccccc1C#N)C(=O)OCC. The number of hydrogen-bond donors (Lipinski definition) is 0. The Balaban J connectivity index is 3.22. The van der Waals surface area contributed by atoms with Crippen molar-refractivity contribution in [3.05, 3.63) is 41.0 Å². The molecule has 1 aromatic carbocycles. The maximum atomic E-state index is 11.8. The highest BCUT2D eigenvalue weighted by atomic mass is 16.6. The molecule has 5 heteroatoms. The molecule has 0 saturated heterocycles. The van der Waals surface area contributed by atoms with E-state index in [-0.39, 0.29) is 18.8 Å². The molecule has 0 heterocycles. The number of nitrogens with zero attached hydrogens (tertiary/aromatic N) is 1. The second kappa shape index (κ2) is 7.74. The van der Waals surface area contributed by atoms with Gasteiger partial charge in [-0.05, 0) is 31.6 Å². The summed E-state index contributed by atoms with van der Waals surface area (Å²) < 4.78 is 9.65. The minimum atomic E-state index is -0.765. The highest BCUT2D eigenvalue weighted by Crippen LogP contribution is 2.14. The zero-order valence-corrected chi connectivity index (χ0v) is 11.4. The largest absolute Gasteiger partial charge is 0.462 e. The lowest BCUT2D eigenvalue weighted by molar-refractivity contribution is -0.146. The number of carbonyl (C=O) groups is 2. The number of nitriles is 1. The van der Waals surface area contributed by atoms with Crippen LogP contribution in [0.25, 0.3) is 6.08 Å². The molecular weight excluding hydrogens is 258 g/mol. The zero-order valence-electron chi connectivity index (χ0n) is 11.4. The Morgan fingerprint density at radius 1 is 1.15 bits per heavy atom. The van der Waals surface area contributed by atoms with Crippen molar-refractivity contribution in [3.63, 3.8) is 0 Å². The third kappa shape index (κ3) is 3.95. The first kappa shape index (κ1) is 15.4. The Hall–Kier alpha value is -2.61. The monoisotopic (exact) mass is 273 g/mol. The van der Waals surface area contributed by atoms with Gasteiger partial charge in [0.1, 0.15) is 5.57 Å². The Morgan fingerprint density at radius 2 is 1.70 bits per heavy atom. The molecule has 0 aliphatic heterocycles. The molecule has 0 atom stereocenters. The van der Waals surface area contributed by atoms with Crippen molar-refractivity contribution < 1.29 is 19.1 Å². The number of hydrogen-bond acceptors (Lipinski definition) is 5. The van der Waals surface area contributed by atoms with E-state index in [2.05, 4.69) is 0 Å². The summed E-state index contributed by atoms with van der Waals surface area (Å²) in [4.78, 5) is 23.6. The maximum absolute atomic E-state index is 11.8. The molecule has 0 aliphatic rings. The van der Waals surface area contributed by atoms with Crippen molar-refractivity contribution >= 4 is 18.0 Å². The van der Waals surface area contributed by atoms with Gasteiger partial charge in [-0.3, -0.25) is 0 Å². The van der Waals surface area contributed by atoms with Gasteiger partial charge in [0.2, 0.25) is 0 Å². The van der Waals surface area contributed by atoms with Gasteiger partial charge in [0.25, 0.3) is 0 Å². The van der Waals surface area contributed by atoms with Crippen LogP contribution in [0.1, 0.15) is 25.0 Å². The highest BCUT2D eigenvalue weighted by molar-refractivity contribution is 6.17. The van der Waals surface area contributed by atoms with Gasteiger partial charge in [-0.2, -0.15) is 5.26 Å². The van der Waals surface area contributed by atoms with E-state index in [1.54, 1.807) is 38.1 Å². The van der Waals surface area contributed by atoms with E-state index in [0.29, 0.717) is 11.1 Å². The number of ether oxygens (including phenoxy) is 2. The molecule has 20 heavy (non-hydrogen) atoms. The van der Waals surface area contributed by atoms with Gasteiger partial charge >= 0.3 is 11.9 Å². The maximum Gasteiger partial charge on any atom is 0.345 e. The van der Waals surface area contributed by atoms with Gasteiger partial charge < -0.3 is 9.47 Å². The number of carbonyl (C=O) groups excluding carboxylic acids is 2. The van der Waals surface area contributed by atoms with Gasteiger partial charge in [-0.25, -0.2) is 9.59 Å². The molecule has 0 amide bonds. The molecule has 0 saturated carbocycles. The molecule has 0 N–H and O–H groups in total. The standard InChI is InChI=1S/C15H15NO4/c1-3-19-14(17)13(15(18)20-4-2)9-11-7-5-6-8-12(11)10-16/h5-9H,3-4H2,1-2H3. The van der Waals surface area contributed by atoms with Crippen LogP contribution in [0.3, 0.4) is 0 Å². The zero-order chi connectivity index (χ0) is 15.0. The molecular formula is C15H15NO4. The predicted octanol–water partition coefficient (Wildman–Crippen LogP) is 2.07. The van der Waals surface area contributed by atoms with Crippen molar-refractivity contribution in [3.8, 4) is 6.07 Å². The van der Waals surface area contributed by atoms with Crippen LogP contribution in [0.15, 0.2) is 29.8 Å². The molecule has 0 fully saturated rings. The topological polar surface area (TPSA) is 76.4 Å². The number of rotatable bonds is 5. The summed E-state index contributed by atoms with van der Waals surface area (Å²) in [6, 6.07) is 8.63. The summed E-state index contributed by atoms with van der Waals surface area (Å²) >= 11 is 0. The fourth-order valence-electron chi connectivity index (χ4n) is 1.50. The molecule has 0 spiro atoms. The third-order valence-electron chi connectivity index (χ3n) is 2.37. The molecule has 0 aromatic heterocycles. The van der Waals surface area contributed by atoms with Crippen LogP contribution in [0.2, 0.25) is 0 Å². The molecule has 0 aliphatic carbocycles. The van der Waals surface area contributed by atoms with E-state index in [4.69, 9.17) is 14.7 Å². The Kier molecular flexibility index (Phi) is 5.98. The van der Waals surface area contributed by atoms with Gasteiger partial charge in [0.15, 0.2) is 0 Å². The van der Waals surface area contributed by atoms with E-state index in [9.17, 15) is 9.59 Å². The van der Waals surface area contributed by atoms with Crippen LogP contribution in [0, 0.1) is 11.3 Å². The first-order valence-electron chi connectivity index (χ1n) is 6.19. The van der Waals surface area contributed by atoms with Crippen LogP contribution >= 0.6 is 0 Å². The molecule has 0 bridgehead atoms. The minimum absolute atomic E-state index is 0.148. The average molecular weight is 273 g/mol. The fourth-order valence-corrected chi connectivity index (χ4v) is 1.50. The average Bonchev–Trinajstić information content (AvgIpc) is 2.45. The van der Waals surface area contributed by atoms with Crippen molar-refractivity contribution in [1.82, 2.24) is 0 Å². The second-order valence-electron chi connectivity index (χ2n) is 3.70. The quantitative estimate of drug-likeness (QED) is 0.355. The molecule has 1 rings (SSSR count). The van der Waals surface area contributed by atoms with Crippen LogP contribution in [-0.4, -0.2) is 25.2 Å². The fraction of sp³-hybridized carbons (Fsp3) is 0.267. The summed E-state index contributed by atoms with van der Waals surface area (Å²) in [5, 5.41) is 9.00. The van der Waals surface area contributed by atoms with Gasteiger partial charge in [0, 0.05) is 0 Å². The summed E-state index contributed by atoms with van der Waals surface area (Å²) in [5.74, 6) is -1.53. The van der Waals surface area contributed by atoms with Crippen molar-refractivity contribution in [2.45, 2.75) is 13.8 Å². The second-order valence-corrected chi connectivity index (χ2v) is 3.70. The molecule has 5 nitrogen and oxygen atoms in total. The minimum Gasteiger partial charge on any atom is -0.462 e. The van der Waals surface area contributed by atoms with Crippen LogP contribution < -0.4 is 0 Å². The molecule has 1 aromatic rings. The Morgan fingerprint density at radius 3 is 2.20 bits per heavy atom. The number of esters is 2. The first-order chi connectivity index (χ1) is 9.63. The van der Waals surface area contributed by atoms with Gasteiger partial charge in [-0.15, -0.1) is 0 Å². The lowest BCUT2D eigenvalue weighted by atomic mass is 10.1. The summed E-state index contributed by atoms with van der Waals surface area (Å²) in [6.07, 6.45) is 1.31. The van der Waals surface area contributed by atoms with Crippen molar-refractivity contribution in [1.29, 1.82) is 5.26 Å². The summed E-state index contributed by atoms with van der Waals surface area (Å²) in [5.41, 5.74) is 0.598. The highest BCUT2D eigenvalue weighted by Gasteiger charge is 2.21. The third-order valence-corrected chi connectivity index (χ3v) is 2.37. The first-order valence-corrected chi connectivity index (χ1v) is 6.19. The predicted molar refractivity (Wildman–Crippen MR) is 72.4 cm³/mol. The molecule has 0 radical (unpaired) electrons.